The Morgan fingerprint density at radius 3 is 1.70 bits per heavy atom. The minimum absolute atomic E-state index is 0. The van der Waals surface area contributed by atoms with E-state index in [1.54, 1.807) is 7.05 Å². The summed E-state index contributed by atoms with van der Waals surface area (Å²) < 4.78 is 27.9. The maximum absolute atomic E-state index is 10.2. The Hall–Kier alpha value is 0.976. The maximum atomic E-state index is 10.2. The van der Waals surface area contributed by atoms with Crippen LogP contribution in [0.15, 0.2) is 0 Å². The zero-order valence-electron chi connectivity index (χ0n) is 14.0. The number of unbranched alkanes of at least 4 members (excludes halogenated alkanes) is 8. The summed E-state index contributed by atoms with van der Waals surface area (Å²) in [7, 11) is -2.13. The molecule has 6 nitrogen and oxygen atoms in total. The molecule has 0 aliphatic rings. The third-order valence-electron chi connectivity index (χ3n) is 3.10. The molecule has 0 amide bonds. The zero-order valence-corrected chi connectivity index (χ0v) is 14.8. The Balaban J connectivity index is -0.000000382. The first-order valence-corrected chi connectivity index (χ1v) is 9.76. The summed E-state index contributed by atoms with van der Waals surface area (Å²) in [6, 6.07) is 0. The Morgan fingerprint density at radius 1 is 0.957 bits per heavy atom. The van der Waals surface area contributed by atoms with Crippen molar-refractivity contribution in [3.63, 3.8) is 0 Å². The second-order valence-corrected chi connectivity index (χ2v) is 6.93. The topological polar surface area (TPSA) is 104 Å². The fourth-order valence-electron chi connectivity index (χ4n) is 1.82. The Morgan fingerprint density at radius 2 is 1.39 bits per heavy atom. The van der Waals surface area contributed by atoms with Gasteiger partial charge in [-0.2, -0.15) is 8.42 Å². The Bertz CT molecular complexity index is 350. The van der Waals surface area contributed by atoms with Gasteiger partial charge in [0.25, 0.3) is 10.1 Å². The van der Waals surface area contributed by atoms with Crippen molar-refractivity contribution in [1.82, 2.24) is 5.32 Å². The van der Waals surface area contributed by atoms with Gasteiger partial charge in [-0.3, -0.25) is 9.35 Å². The summed E-state index contributed by atoms with van der Waals surface area (Å²) in [6.07, 6.45) is 11.5. The summed E-state index contributed by atoms with van der Waals surface area (Å²) in [5.41, 5.74) is 0. The van der Waals surface area contributed by atoms with Crippen LogP contribution in [-0.2, 0) is 14.9 Å². The van der Waals surface area contributed by atoms with Crippen LogP contribution in [0.2, 0.25) is 0 Å². The molecule has 0 saturated heterocycles. The third-order valence-corrected chi connectivity index (χ3v) is 3.82. The molecule has 136 valence electrons. The normalized spacial score (nSPS) is 10.4. The second kappa shape index (κ2) is 21.0. The van der Waals surface area contributed by atoms with Crippen LogP contribution >= 0.6 is 0 Å². The van der Waals surface area contributed by atoms with Gasteiger partial charge in [-0.15, -0.1) is 0 Å². The molecule has 0 aliphatic heterocycles. The van der Waals surface area contributed by atoms with Crippen LogP contribution in [0.3, 0.4) is 0 Å². The molecule has 0 fully saturated rings. The van der Waals surface area contributed by atoms with Crippen LogP contribution < -0.4 is 5.32 Å². The number of carboxylic acids is 1. The van der Waals surface area contributed by atoms with E-state index in [4.69, 9.17) is 9.66 Å². The molecule has 8 heteroatoms. The first-order chi connectivity index (χ1) is 10.3. The van der Waals surface area contributed by atoms with Gasteiger partial charge in [-0.05, 0) is 13.5 Å². The van der Waals surface area contributed by atoms with Gasteiger partial charge in [-0.25, -0.2) is 0 Å². The minimum atomic E-state index is -3.75. The van der Waals surface area contributed by atoms with E-state index in [1.807, 2.05) is 0 Å². The Kier molecular flexibility index (Phi) is 26.3. The number of aliphatic carboxylic acids is 1. The summed E-state index contributed by atoms with van der Waals surface area (Å²) in [5, 5.41) is 11.0. The number of hydrogen-bond acceptors (Lipinski definition) is 4. The van der Waals surface area contributed by atoms with E-state index in [9.17, 15) is 13.2 Å². The van der Waals surface area contributed by atoms with E-state index in [1.165, 1.54) is 44.9 Å². The molecule has 3 N–H and O–H groups in total. The summed E-state index contributed by atoms with van der Waals surface area (Å²) >= 11 is 0. The van der Waals surface area contributed by atoms with Crippen molar-refractivity contribution in [3.05, 3.63) is 0 Å². The van der Waals surface area contributed by atoms with Crippen molar-refractivity contribution in [1.29, 1.82) is 0 Å². The molecule has 0 spiro atoms. The molecule has 0 radical (unpaired) electrons. The molecule has 0 bridgehead atoms. The summed E-state index contributed by atoms with van der Waals surface area (Å²) in [4.78, 5) is 10.2. The molecule has 0 unspecified atom stereocenters. The average molecular weight is 380 g/mol. The van der Waals surface area contributed by atoms with Gasteiger partial charge < -0.3 is 10.4 Å². The molecule has 0 aromatic rings. The molecule has 0 aromatic carbocycles. The van der Waals surface area contributed by atoms with Gasteiger partial charge in [0.1, 0.15) is 0 Å². The van der Waals surface area contributed by atoms with Gasteiger partial charge in [0.15, 0.2) is 0 Å². The van der Waals surface area contributed by atoms with Crippen molar-refractivity contribution >= 4 is 67.5 Å². The van der Waals surface area contributed by atoms with E-state index in [0.29, 0.717) is 13.0 Å². The van der Waals surface area contributed by atoms with Crippen LogP contribution in [0.5, 0.6) is 0 Å². The van der Waals surface area contributed by atoms with E-state index < -0.39 is 16.1 Å². The van der Waals surface area contributed by atoms with Crippen LogP contribution in [0.1, 0.15) is 71.1 Å². The monoisotopic (exact) mass is 379 g/mol. The molecule has 0 heterocycles. The van der Waals surface area contributed by atoms with E-state index in [2.05, 4.69) is 12.2 Å². The number of nitrogens with one attached hydrogen (secondary N) is 1. The first-order valence-electron chi connectivity index (χ1n) is 8.15. The number of carbonyl (C=O) groups is 1. The average Bonchev–Trinajstić information content (AvgIpc) is 2.43. The standard InChI is InChI=1S/C12H24O2.C3H9NO3S.K.H/c1-2-3-4-5-6-7-8-9-10-11-12(13)14;1-4-2-3-8(5,6)7;;/h2-11H2,1H3,(H,13,14);4H,2-3H2,1H3,(H,5,6,7);;. The molecule has 23 heavy (non-hydrogen) atoms. The molecule has 0 aromatic heterocycles. The van der Waals surface area contributed by atoms with Crippen LogP contribution in [0.25, 0.3) is 0 Å². The summed E-state index contributed by atoms with van der Waals surface area (Å²) in [5.74, 6) is -0.878. The van der Waals surface area contributed by atoms with E-state index in [0.717, 1.165) is 12.8 Å². The third kappa shape index (κ3) is 35.1. The zero-order chi connectivity index (χ0) is 17.3. The Labute approximate surface area is 184 Å². The van der Waals surface area contributed by atoms with Gasteiger partial charge >= 0.3 is 57.4 Å². The predicted octanol–water partition coefficient (Wildman–Crippen LogP) is 2.44. The van der Waals surface area contributed by atoms with Crippen LogP contribution in [0.4, 0.5) is 0 Å². The first kappa shape index (κ1) is 28.8. The van der Waals surface area contributed by atoms with E-state index >= 15 is 0 Å². The SMILES string of the molecule is CCCCCCCCCCCC(=O)O.CNCCS(=O)(=O)O.[KH]. The molecular formula is C15H34KNO5S. The number of rotatable bonds is 13. The fraction of sp³-hybridized carbons (Fsp3) is 0.933. The van der Waals surface area contributed by atoms with Crippen LogP contribution in [-0.4, -0.2) is 94.8 Å². The summed E-state index contributed by atoms with van der Waals surface area (Å²) in [6.45, 7) is 2.52. The number of carboxylic acid groups (broad SMARTS) is 1. The van der Waals surface area contributed by atoms with E-state index in [-0.39, 0.29) is 57.1 Å². The van der Waals surface area contributed by atoms with Crippen molar-refractivity contribution in [2.75, 3.05) is 19.3 Å². The molecule has 0 saturated carbocycles. The van der Waals surface area contributed by atoms with Crippen molar-refractivity contribution < 1.29 is 22.9 Å². The van der Waals surface area contributed by atoms with Gasteiger partial charge in [0, 0.05) is 13.0 Å². The van der Waals surface area contributed by atoms with Gasteiger partial charge in [0.2, 0.25) is 0 Å². The van der Waals surface area contributed by atoms with Gasteiger partial charge in [-0.1, -0.05) is 58.3 Å². The van der Waals surface area contributed by atoms with Crippen LogP contribution in [0, 0.1) is 0 Å². The molecular weight excluding hydrogens is 345 g/mol. The molecule has 0 atom stereocenters. The van der Waals surface area contributed by atoms with Crippen molar-refractivity contribution in [3.8, 4) is 0 Å². The molecule has 0 rings (SSSR count). The van der Waals surface area contributed by atoms with Crippen molar-refractivity contribution in [2.24, 2.45) is 0 Å². The van der Waals surface area contributed by atoms with Gasteiger partial charge in [0.05, 0.1) is 5.75 Å². The number of hydrogen-bond donors (Lipinski definition) is 3. The second-order valence-electron chi connectivity index (χ2n) is 5.36. The molecule has 0 aliphatic carbocycles. The van der Waals surface area contributed by atoms with Crippen molar-refractivity contribution in [2.45, 2.75) is 71.1 Å². The predicted molar refractivity (Wildman–Crippen MR) is 97.0 cm³/mol. The quantitative estimate of drug-likeness (QED) is 0.258. The fourth-order valence-corrected chi connectivity index (χ4v) is 2.28.